The number of fused-ring (bicyclic) bond motifs is 1. The van der Waals surface area contributed by atoms with Crippen LogP contribution in [0.4, 0.5) is 0 Å². The Morgan fingerprint density at radius 1 is 1.30 bits per heavy atom. The van der Waals surface area contributed by atoms with Gasteiger partial charge in [0.1, 0.15) is 12.1 Å². The highest BCUT2D eigenvalue weighted by Crippen LogP contribution is 2.23. The fraction of sp³-hybridized carbons (Fsp3) is 0.214. The van der Waals surface area contributed by atoms with Crippen molar-refractivity contribution in [3.05, 3.63) is 35.8 Å². The molecule has 0 spiro atoms. The quantitative estimate of drug-likeness (QED) is 0.648. The lowest BCUT2D eigenvalue weighted by Crippen LogP contribution is -2.40. The molecule has 20 heavy (non-hydrogen) atoms. The average molecular weight is 269 g/mol. The molecular weight excluding hydrogens is 258 g/mol. The molecule has 1 N–H and O–H groups in total. The van der Waals surface area contributed by atoms with Crippen LogP contribution in [0.2, 0.25) is 0 Å². The van der Waals surface area contributed by atoms with Crippen LogP contribution in [-0.2, 0) is 9.59 Å². The van der Waals surface area contributed by atoms with E-state index in [1.807, 2.05) is 0 Å². The first-order valence-corrected chi connectivity index (χ1v) is 6.23. The molecule has 6 heteroatoms. The van der Waals surface area contributed by atoms with E-state index in [1.54, 1.807) is 24.4 Å². The van der Waals surface area contributed by atoms with Crippen molar-refractivity contribution >= 4 is 29.0 Å². The van der Waals surface area contributed by atoms with E-state index >= 15 is 0 Å². The molecule has 0 saturated carbocycles. The first kappa shape index (κ1) is 12.4. The molecule has 0 bridgehead atoms. The zero-order chi connectivity index (χ0) is 14.1. The second-order valence-electron chi connectivity index (χ2n) is 4.67. The van der Waals surface area contributed by atoms with Gasteiger partial charge in [-0.2, -0.15) is 0 Å². The van der Waals surface area contributed by atoms with Crippen molar-refractivity contribution in [2.45, 2.75) is 18.8 Å². The summed E-state index contributed by atoms with van der Waals surface area (Å²) in [4.78, 5) is 42.2. The van der Waals surface area contributed by atoms with Gasteiger partial charge in [0.25, 0.3) is 0 Å². The maximum atomic E-state index is 11.8. The standard InChI is InChI=1S/C14H11N3O3/c18-7-8-1-2-9-6-15-13(16-11(9)5-8)10-3-4-12(19)17-14(10)20/h1-2,5-7,10H,3-4H2,(H,17,19,20). The largest absolute Gasteiger partial charge is 0.298 e. The molecule has 0 radical (unpaired) electrons. The monoisotopic (exact) mass is 269 g/mol. The van der Waals surface area contributed by atoms with Crippen LogP contribution in [0.25, 0.3) is 10.9 Å². The molecule has 6 nitrogen and oxygen atoms in total. The van der Waals surface area contributed by atoms with Crippen LogP contribution >= 0.6 is 0 Å². The molecular formula is C14H11N3O3. The highest BCUT2D eigenvalue weighted by Gasteiger charge is 2.30. The number of aromatic nitrogens is 2. The highest BCUT2D eigenvalue weighted by molar-refractivity contribution is 6.00. The van der Waals surface area contributed by atoms with E-state index in [0.717, 1.165) is 11.7 Å². The van der Waals surface area contributed by atoms with Crippen molar-refractivity contribution in [1.29, 1.82) is 0 Å². The summed E-state index contributed by atoms with van der Waals surface area (Å²) < 4.78 is 0. The molecule has 1 saturated heterocycles. The number of imide groups is 1. The number of piperidine rings is 1. The number of carbonyl (C=O) groups excluding carboxylic acids is 3. The zero-order valence-electron chi connectivity index (χ0n) is 10.5. The van der Waals surface area contributed by atoms with E-state index < -0.39 is 5.92 Å². The number of hydrogen-bond acceptors (Lipinski definition) is 5. The highest BCUT2D eigenvalue weighted by atomic mass is 16.2. The minimum atomic E-state index is -0.517. The number of nitrogens with one attached hydrogen (secondary N) is 1. The van der Waals surface area contributed by atoms with Crippen molar-refractivity contribution in [3.63, 3.8) is 0 Å². The number of rotatable bonds is 2. The van der Waals surface area contributed by atoms with Crippen molar-refractivity contribution < 1.29 is 14.4 Å². The molecule has 1 aromatic heterocycles. The fourth-order valence-electron chi connectivity index (χ4n) is 2.24. The lowest BCUT2D eigenvalue weighted by Gasteiger charge is -2.19. The average Bonchev–Trinajstić information content (AvgIpc) is 2.46. The molecule has 1 unspecified atom stereocenters. The third-order valence-corrected chi connectivity index (χ3v) is 3.31. The van der Waals surface area contributed by atoms with E-state index in [1.165, 1.54) is 0 Å². The maximum Gasteiger partial charge on any atom is 0.237 e. The lowest BCUT2D eigenvalue weighted by molar-refractivity contribution is -0.134. The Bertz CT molecular complexity index is 727. The SMILES string of the molecule is O=Cc1ccc2cnc(C3CCC(=O)NC3=O)nc2c1. The van der Waals surface area contributed by atoms with E-state index in [-0.39, 0.29) is 18.2 Å². The van der Waals surface area contributed by atoms with E-state index in [2.05, 4.69) is 15.3 Å². The van der Waals surface area contributed by atoms with Crippen LogP contribution in [0, 0.1) is 0 Å². The summed E-state index contributed by atoms with van der Waals surface area (Å²) in [6.07, 6.45) is 3.05. The summed E-state index contributed by atoms with van der Waals surface area (Å²) in [7, 11) is 0. The van der Waals surface area contributed by atoms with E-state index in [4.69, 9.17) is 0 Å². The molecule has 2 aromatic rings. The van der Waals surface area contributed by atoms with Gasteiger partial charge in [0, 0.05) is 23.6 Å². The fourth-order valence-corrected chi connectivity index (χ4v) is 2.24. The number of nitrogens with zero attached hydrogens (tertiary/aromatic N) is 2. The Labute approximate surface area is 114 Å². The first-order chi connectivity index (χ1) is 9.67. The number of benzene rings is 1. The van der Waals surface area contributed by atoms with Gasteiger partial charge < -0.3 is 0 Å². The molecule has 1 aromatic carbocycles. The van der Waals surface area contributed by atoms with E-state index in [0.29, 0.717) is 23.3 Å². The smallest absolute Gasteiger partial charge is 0.237 e. The molecule has 2 heterocycles. The lowest BCUT2D eigenvalue weighted by atomic mass is 9.97. The number of aldehydes is 1. The molecule has 1 aliphatic rings. The first-order valence-electron chi connectivity index (χ1n) is 6.23. The van der Waals surface area contributed by atoms with Crippen LogP contribution < -0.4 is 5.32 Å². The van der Waals surface area contributed by atoms with Crippen molar-refractivity contribution in [2.24, 2.45) is 0 Å². The Balaban J connectivity index is 2.01. The van der Waals surface area contributed by atoms with Gasteiger partial charge in [-0.1, -0.05) is 12.1 Å². The summed E-state index contributed by atoms with van der Waals surface area (Å²) in [6.45, 7) is 0. The molecule has 100 valence electrons. The van der Waals surface area contributed by atoms with Gasteiger partial charge in [-0.05, 0) is 12.5 Å². The van der Waals surface area contributed by atoms with Crippen LogP contribution in [0.1, 0.15) is 34.9 Å². The summed E-state index contributed by atoms with van der Waals surface area (Å²) in [5.41, 5.74) is 1.13. The Hall–Kier alpha value is -2.63. The van der Waals surface area contributed by atoms with Gasteiger partial charge in [0.2, 0.25) is 11.8 Å². The molecule has 3 rings (SSSR count). The second-order valence-corrected chi connectivity index (χ2v) is 4.67. The summed E-state index contributed by atoms with van der Waals surface area (Å²) in [6, 6.07) is 5.09. The van der Waals surface area contributed by atoms with Gasteiger partial charge in [-0.15, -0.1) is 0 Å². The summed E-state index contributed by atoms with van der Waals surface area (Å²) in [5.74, 6) is -0.773. The van der Waals surface area contributed by atoms with Gasteiger partial charge in [0.05, 0.1) is 11.4 Å². The van der Waals surface area contributed by atoms with Crippen LogP contribution in [0.3, 0.4) is 0 Å². The Kier molecular flexibility index (Phi) is 2.98. The zero-order valence-corrected chi connectivity index (χ0v) is 10.5. The van der Waals surface area contributed by atoms with Crippen molar-refractivity contribution in [2.75, 3.05) is 0 Å². The number of hydrogen-bond donors (Lipinski definition) is 1. The third kappa shape index (κ3) is 2.16. The van der Waals surface area contributed by atoms with Crippen molar-refractivity contribution in [1.82, 2.24) is 15.3 Å². The third-order valence-electron chi connectivity index (χ3n) is 3.31. The molecule has 1 fully saturated rings. The topological polar surface area (TPSA) is 89.0 Å². The Morgan fingerprint density at radius 3 is 2.90 bits per heavy atom. The number of carbonyl (C=O) groups is 3. The second kappa shape index (κ2) is 4.80. The maximum absolute atomic E-state index is 11.8. The normalized spacial score (nSPS) is 18.9. The number of amides is 2. The molecule has 2 amide bonds. The molecule has 1 aliphatic heterocycles. The Morgan fingerprint density at radius 2 is 2.15 bits per heavy atom. The van der Waals surface area contributed by atoms with E-state index in [9.17, 15) is 14.4 Å². The minimum Gasteiger partial charge on any atom is -0.298 e. The minimum absolute atomic E-state index is 0.268. The van der Waals surface area contributed by atoms with Crippen LogP contribution in [-0.4, -0.2) is 28.1 Å². The van der Waals surface area contributed by atoms with Crippen molar-refractivity contribution in [3.8, 4) is 0 Å². The van der Waals surface area contributed by atoms with Gasteiger partial charge in [-0.25, -0.2) is 9.97 Å². The van der Waals surface area contributed by atoms with Crippen LogP contribution in [0.15, 0.2) is 24.4 Å². The van der Waals surface area contributed by atoms with Gasteiger partial charge in [0.15, 0.2) is 0 Å². The van der Waals surface area contributed by atoms with Gasteiger partial charge >= 0.3 is 0 Å². The predicted octanol–water partition coefficient (Wildman–Crippen LogP) is 0.962. The molecule has 0 aliphatic carbocycles. The van der Waals surface area contributed by atoms with Crippen LogP contribution in [0.5, 0.6) is 0 Å². The summed E-state index contributed by atoms with van der Waals surface area (Å²) in [5, 5.41) is 3.08. The van der Waals surface area contributed by atoms with Gasteiger partial charge in [-0.3, -0.25) is 19.7 Å². The predicted molar refractivity (Wildman–Crippen MR) is 70.1 cm³/mol. The molecule has 1 atom stereocenters. The summed E-state index contributed by atoms with van der Waals surface area (Å²) >= 11 is 0.